The molecule has 6 heteroatoms. The molecule has 2 aromatic carbocycles. The molecule has 1 N–H and O–H groups in total. The number of hydrogen-bond donors (Lipinski definition) is 1. The highest BCUT2D eigenvalue weighted by atomic mass is 79.9. The van der Waals surface area contributed by atoms with Gasteiger partial charge in [0, 0.05) is 42.8 Å². The number of amides is 1. The Balaban J connectivity index is 1.45. The van der Waals surface area contributed by atoms with E-state index in [-0.39, 0.29) is 6.09 Å². The number of hydrogen-bond acceptors (Lipinski definition) is 4. The smallest absolute Gasteiger partial charge is 0.410 e. The normalized spacial score (nSPS) is 15.2. The van der Waals surface area contributed by atoms with E-state index in [2.05, 4.69) is 20.8 Å². The van der Waals surface area contributed by atoms with Gasteiger partial charge in [-0.1, -0.05) is 52.3 Å². The van der Waals surface area contributed by atoms with Gasteiger partial charge in [0.05, 0.1) is 0 Å². The molecule has 2 aromatic rings. The van der Waals surface area contributed by atoms with Gasteiger partial charge in [-0.05, 0) is 17.7 Å². The Labute approximate surface area is 155 Å². The minimum absolute atomic E-state index is 0.269. The first-order valence-corrected chi connectivity index (χ1v) is 9.06. The number of nitrogens with zero attached hydrogens (tertiary/aromatic N) is 2. The molecule has 1 heterocycles. The Morgan fingerprint density at radius 2 is 1.80 bits per heavy atom. The molecule has 1 aliphatic heterocycles. The number of aromatic hydroxyl groups is 1. The minimum atomic E-state index is -0.269. The van der Waals surface area contributed by atoms with Crippen LogP contribution in [0.1, 0.15) is 11.1 Å². The maximum atomic E-state index is 12.2. The number of piperazine rings is 1. The zero-order valence-electron chi connectivity index (χ0n) is 13.9. The Kier molecular flexibility index (Phi) is 5.94. The fourth-order valence-electron chi connectivity index (χ4n) is 2.81. The third-order valence-electron chi connectivity index (χ3n) is 4.28. The Morgan fingerprint density at radius 1 is 1.08 bits per heavy atom. The van der Waals surface area contributed by atoms with Gasteiger partial charge in [0.2, 0.25) is 0 Å². The summed E-state index contributed by atoms with van der Waals surface area (Å²) in [4.78, 5) is 16.1. The summed E-state index contributed by atoms with van der Waals surface area (Å²) >= 11 is 3.35. The monoisotopic (exact) mass is 404 g/mol. The first kappa shape index (κ1) is 17.8. The summed E-state index contributed by atoms with van der Waals surface area (Å²) in [6.07, 6.45) is -0.269. The summed E-state index contributed by atoms with van der Waals surface area (Å²) < 4.78 is 6.24. The molecule has 1 amide bonds. The number of phenolic OH excluding ortho intramolecular Hbond substituents is 1. The SMILES string of the molecule is O=C(OCc1ccccc1)N1CCN(Cc2ccc(Br)cc2O)CC1. The van der Waals surface area contributed by atoms with Crippen LogP contribution in [0.4, 0.5) is 4.79 Å². The van der Waals surface area contributed by atoms with Crippen molar-refractivity contribution in [3.8, 4) is 5.75 Å². The van der Waals surface area contributed by atoms with Crippen LogP contribution in [0.25, 0.3) is 0 Å². The van der Waals surface area contributed by atoms with Crippen molar-refractivity contribution in [2.75, 3.05) is 26.2 Å². The summed E-state index contributed by atoms with van der Waals surface area (Å²) in [5.74, 6) is 0.291. The lowest BCUT2D eigenvalue weighted by atomic mass is 10.1. The molecule has 132 valence electrons. The maximum Gasteiger partial charge on any atom is 0.410 e. The predicted octanol–water partition coefficient (Wildman–Crippen LogP) is 3.61. The Bertz CT molecular complexity index is 716. The Hall–Kier alpha value is -2.05. The van der Waals surface area contributed by atoms with Crippen molar-refractivity contribution in [2.45, 2.75) is 13.2 Å². The maximum absolute atomic E-state index is 12.2. The molecule has 0 aliphatic carbocycles. The van der Waals surface area contributed by atoms with E-state index in [4.69, 9.17) is 4.74 Å². The molecule has 5 nitrogen and oxygen atoms in total. The zero-order chi connectivity index (χ0) is 17.6. The summed E-state index contributed by atoms with van der Waals surface area (Å²) in [5.41, 5.74) is 1.88. The first-order chi connectivity index (χ1) is 12.1. The second-order valence-corrected chi connectivity index (χ2v) is 6.99. The molecule has 0 spiro atoms. The molecular weight excluding hydrogens is 384 g/mol. The number of benzene rings is 2. The highest BCUT2D eigenvalue weighted by Gasteiger charge is 2.22. The largest absolute Gasteiger partial charge is 0.508 e. The van der Waals surface area contributed by atoms with Gasteiger partial charge in [-0.15, -0.1) is 0 Å². The van der Waals surface area contributed by atoms with Gasteiger partial charge in [-0.2, -0.15) is 0 Å². The highest BCUT2D eigenvalue weighted by molar-refractivity contribution is 9.10. The van der Waals surface area contributed by atoms with E-state index < -0.39 is 0 Å². The van der Waals surface area contributed by atoms with Crippen molar-refractivity contribution in [3.63, 3.8) is 0 Å². The van der Waals surface area contributed by atoms with Gasteiger partial charge < -0.3 is 14.7 Å². The van der Waals surface area contributed by atoms with Crippen molar-refractivity contribution in [1.82, 2.24) is 9.80 Å². The van der Waals surface area contributed by atoms with Crippen LogP contribution in [-0.2, 0) is 17.9 Å². The van der Waals surface area contributed by atoms with E-state index in [9.17, 15) is 9.90 Å². The van der Waals surface area contributed by atoms with Gasteiger partial charge in [-0.3, -0.25) is 4.90 Å². The van der Waals surface area contributed by atoms with E-state index in [0.717, 1.165) is 28.7 Å². The van der Waals surface area contributed by atoms with Crippen LogP contribution in [0.3, 0.4) is 0 Å². The second-order valence-electron chi connectivity index (χ2n) is 6.08. The molecule has 0 radical (unpaired) electrons. The lowest BCUT2D eigenvalue weighted by molar-refractivity contribution is 0.0698. The number of rotatable bonds is 4. The fraction of sp³-hybridized carbons (Fsp3) is 0.316. The summed E-state index contributed by atoms with van der Waals surface area (Å²) in [5, 5.41) is 10.00. The number of phenols is 1. The summed E-state index contributed by atoms with van der Waals surface area (Å²) in [7, 11) is 0. The molecule has 0 unspecified atom stereocenters. The third-order valence-corrected chi connectivity index (χ3v) is 4.77. The van der Waals surface area contributed by atoms with Crippen LogP contribution in [0.5, 0.6) is 5.75 Å². The number of halogens is 1. The topological polar surface area (TPSA) is 53.0 Å². The fourth-order valence-corrected chi connectivity index (χ4v) is 3.16. The average molecular weight is 405 g/mol. The summed E-state index contributed by atoms with van der Waals surface area (Å²) in [6.45, 7) is 3.75. The van der Waals surface area contributed by atoms with Crippen molar-refractivity contribution >= 4 is 22.0 Å². The minimum Gasteiger partial charge on any atom is -0.508 e. The van der Waals surface area contributed by atoms with Crippen LogP contribution in [0.15, 0.2) is 53.0 Å². The van der Waals surface area contributed by atoms with E-state index in [1.165, 1.54) is 0 Å². The molecule has 25 heavy (non-hydrogen) atoms. The first-order valence-electron chi connectivity index (χ1n) is 8.27. The van der Waals surface area contributed by atoms with Crippen molar-refractivity contribution < 1.29 is 14.6 Å². The lowest BCUT2D eigenvalue weighted by Gasteiger charge is -2.34. The van der Waals surface area contributed by atoms with Crippen LogP contribution in [0.2, 0.25) is 0 Å². The highest BCUT2D eigenvalue weighted by Crippen LogP contribution is 2.24. The van der Waals surface area contributed by atoms with Crippen LogP contribution < -0.4 is 0 Å². The molecular formula is C19H21BrN2O3. The van der Waals surface area contributed by atoms with Gasteiger partial charge in [0.1, 0.15) is 12.4 Å². The van der Waals surface area contributed by atoms with E-state index in [1.807, 2.05) is 42.5 Å². The number of carbonyl (C=O) groups excluding carboxylic acids is 1. The third kappa shape index (κ3) is 4.96. The molecule has 0 atom stereocenters. The van der Waals surface area contributed by atoms with Gasteiger partial charge >= 0.3 is 6.09 Å². The predicted molar refractivity (Wildman–Crippen MR) is 99.3 cm³/mol. The summed E-state index contributed by atoms with van der Waals surface area (Å²) in [6, 6.07) is 15.2. The molecule has 3 rings (SSSR count). The zero-order valence-corrected chi connectivity index (χ0v) is 15.5. The Morgan fingerprint density at radius 3 is 2.48 bits per heavy atom. The molecule has 0 bridgehead atoms. The van der Waals surface area contributed by atoms with E-state index in [0.29, 0.717) is 32.0 Å². The quantitative estimate of drug-likeness (QED) is 0.845. The second kappa shape index (κ2) is 8.36. The average Bonchev–Trinajstić information content (AvgIpc) is 2.63. The van der Waals surface area contributed by atoms with Gasteiger partial charge in [-0.25, -0.2) is 4.79 Å². The van der Waals surface area contributed by atoms with Crippen molar-refractivity contribution in [1.29, 1.82) is 0 Å². The molecule has 1 saturated heterocycles. The van der Waals surface area contributed by atoms with E-state index >= 15 is 0 Å². The van der Waals surface area contributed by atoms with Crippen molar-refractivity contribution in [2.24, 2.45) is 0 Å². The molecule has 0 saturated carbocycles. The number of ether oxygens (including phenoxy) is 1. The lowest BCUT2D eigenvalue weighted by Crippen LogP contribution is -2.48. The van der Waals surface area contributed by atoms with Gasteiger partial charge in [0.25, 0.3) is 0 Å². The van der Waals surface area contributed by atoms with Crippen LogP contribution in [-0.4, -0.2) is 47.2 Å². The molecule has 1 aliphatic rings. The molecule has 1 fully saturated rings. The van der Waals surface area contributed by atoms with Crippen molar-refractivity contribution in [3.05, 3.63) is 64.1 Å². The van der Waals surface area contributed by atoms with E-state index in [1.54, 1.807) is 11.0 Å². The van der Waals surface area contributed by atoms with Crippen LogP contribution >= 0.6 is 15.9 Å². The standard InChI is InChI=1S/C19H21BrN2O3/c20-17-7-6-16(18(23)12-17)13-21-8-10-22(11-9-21)19(24)25-14-15-4-2-1-3-5-15/h1-7,12,23H,8-11,13-14H2. The molecule has 0 aromatic heterocycles. The number of carbonyl (C=O) groups is 1. The van der Waals surface area contributed by atoms with Crippen LogP contribution in [0, 0.1) is 0 Å². The van der Waals surface area contributed by atoms with Gasteiger partial charge in [0.15, 0.2) is 0 Å².